The first-order valence-corrected chi connectivity index (χ1v) is 4.85. The van der Waals surface area contributed by atoms with Gasteiger partial charge in [0.05, 0.1) is 0 Å². The Labute approximate surface area is 101 Å². The Kier molecular flexibility index (Phi) is 4.93. The Morgan fingerprint density at radius 2 is 2.00 bits per heavy atom. The summed E-state index contributed by atoms with van der Waals surface area (Å²) in [6.45, 7) is -0.429. The highest BCUT2D eigenvalue weighted by atomic mass is 19.4. The summed E-state index contributed by atoms with van der Waals surface area (Å²) in [4.78, 5) is 15.0. The molecule has 0 unspecified atom stereocenters. The molecule has 5 nitrogen and oxygen atoms in total. The molecule has 1 aromatic rings. The monoisotopic (exact) mass is 264 g/mol. The minimum atomic E-state index is -4.76. The number of carbonyl (C=O) groups is 1. The molecule has 0 fully saturated rings. The van der Waals surface area contributed by atoms with Gasteiger partial charge in [0.25, 0.3) is 0 Å². The fourth-order valence-corrected chi connectivity index (χ4v) is 1.13. The topological polar surface area (TPSA) is 73.6 Å². The number of primary amides is 1. The van der Waals surface area contributed by atoms with Crippen LogP contribution in [-0.4, -0.2) is 18.9 Å². The number of alkyl halides is 3. The molecule has 1 rings (SSSR count). The van der Waals surface area contributed by atoms with Crippen LogP contribution >= 0.6 is 0 Å². The van der Waals surface area contributed by atoms with Gasteiger partial charge in [-0.05, 0) is 6.07 Å². The quantitative estimate of drug-likeness (QED) is 0.596. The van der Waals surface area contributed by atoms with Gasteiger partial charge in [-0.1, -0.05) is 18.2 Å². The molecule has 0 aliphatic heterocycles. The predicted molar refractivity (Wildman–Crippen MR) is 55.1 cm³/mol. The van der Waals surface area contributed by atoms with Crippen LogP contribution < -0.4 is 16.0 Å². The SMILES string of the molecule is NC(=O)CONCc1ccccc1OC(F)(F)F. The Morgan fingerprint density at radius 3 is 2.61 bits per heavy atom. The molecule has 0 saturated heterocycles. The van der Waals surface area contributed by atoms with E-state index in [1.54, 1.807) is 6.07 Å². The van der Waals surface area contributed by atoms with E-state index in [9.17, 15) is 18.0 Å². The number of hydrogen-bond donors (Lipinski definition) is 2. The van der Waals surface area contributed by atoms with Gasteiger partial charge < -0.3 is 10.5 Å². The van der Waals surface area contributed by atoms with Gasteiger partial charge in [0.15, 0.2) is 0 Å². The summed E-state index contributed by atoms with van der Waals surface area (Å²) in [7, 11) is 0. The van der Waals surface area contributed by atoms with E-state index in [1.807, 2.05) is 0 Å². The summed E-state index contributed by atoms with van der Waals surface area (Å²) in [5, 5.41) is 0. The molecule has 3 N–H and O–H groups in total. The molecule has 8 heteroatoms. The second-order valence-electron chi connectivity index (χ2n) is 3.23. The van der Waals surface area contributed by atoms with Crippen molar-refractivity contribution in [3.05, 3.63) is 29.8 Å². The minimum absolute atomic E-state index is 0.0560. The number of halogens is 3. The number of nitrogens with one attached hydrogen (secondary N) is 1. The van der Waals surface area contributed by atoms with Gasteiger partial charge in [-0.3, -0.25) is 9.63 Å². The molecule has 0 aliphatic rings. The number of para-hydroxylation sites is 1. The summed E-state index contributed by atoms with van der Waals surface area (Å²) < 4.78 is 40.1. The van der Waals surface area contributed by atoms with Crippen molar-refractivity contribution in [2.45, 2.75) is 12.9 Å². The van der Waals surface area contributed by atoms with Gasteiger partial charge in [0.1, 0.15) is 12.4 Å². The maximum Gasteiger partial charge on any atom is 0.573 e. The molecule has 0 aliphatic carbocycles. The van der Waals surface area contributed by atoms with Crippen LogP contribution in [0.15, 0.2) is 24.3 Å². The van der Waals surface area contributed by atoms with E-state index in [-0.39, 0.29) is 24.5 Å². The van der Waals surface area contributed by atoms with Crippen LogP contribution in [0.5, 0.6) is 5.75 Å². The lowest BCUT2D eigenvalue weighted by atomic mass is 10.2. The Morgan fingerprint density at radius 1 is 1.33 bits per heavy atom. The second-order valence-corrected chi connectivity index (χ2v) is 3.23. The second kappa shape index (κ2) is 6.22. The molecule has 100 valence electrons. The summed E-state index contributed by atoms with van der Waals surface area (Å²) in [6, 6.07) is 5.57. The third kappa shape index (κ3) is 5.51. The number of benzene rings is 1. The van der Waals surface area contributed by atoms with Crippen molar-refractivity contribution in [1.29, 1.82) is 0 Å². The van der Waals surface area contributed by atoms with Crippen molar-refractivity contribution in [2.24, 2.45) is 5.73 Å². The Hall–Kier alpha value is -1.80. The van der Waals surface area contributed by atoms with E-state index in [2.05, 4.69) is 15.1 Å². The van der Waals surface area contributed by atoms with E-state index < -0.39 is 12.3 Å². The Balaban J connectivity index is 2.56. The van der Waals surface area contributed by atoms with Crippen LogP contribution in [0.2, 0.25) is 0 Å². The lowest BCUT2D eigenvalue weighted by molar-refractivity contribution is -0.275. The van der Waals surface area contributed by atoms with Crippen LogP contribution in [0.3, 0.4) is 0 Å². The normalized spacial score (nSPS) is 11.3. The van der Waals surface area contributed by atoms with Gasteiger partial charge in [-0.25, -0.2) is 0 Å². The highest BCUT2D eigenvalue weighted by Crippen LogP contribution is 2.25. The molecule has 0 radical (unpaired) electrons. The van der Waals surface area contributed by atoms with Gasteiger partial charge >= 0.3 is 6.36 Å². The number of rotatable bonds is 6. The zero-order valence-corrected chi connectivity index (χ0v) is 9.16. The highest BCUT2D eigenvalue weighted by molar-refractivity contribution is 5.74. The third-order valence-electron chi connectivity index (χ3n) is 1.78. The van der Waals surface area contributed by atoms with E-state index in [0.29, 0.717) is 0 Å². The standard InChI is InChI=1S/C10H11F3N2O3/c11-10(12,13)18-8-4-2-1-3-7(8)5-15-17-6-9(14)16/h1-4,15H,5-6H2,(H2,14,16). The number of ether oxygens (including phenoxy) is 1. The fraction of sp³-hybridized carbons (Fsp3) is 0.300. The third-order valence-corrected chi connectivity index (χ3v) is 1.78. The molecular formula is C10H11F3N2O3. The number of nitrogens with two attached hydrogens (primary N) is 1. The fourth-order valence-electron chi connectivity index (χ4n) is 1.13. The minimum Gasteiger partial charge on any atom is -0.405 e. The summed E-state index contributed by atoms with van der Waals surface area (Å²) in [5.41, 5.74) is 7.35. The first-order chi connectivity index (χ1) is 8.38. The van der Waals surface area contributed by atoms with Gasteiger partial charge in [0, 0.05) is 12.1 Å². The van der Waals surface area contributed by atoms with Crippen LogP contribution in [0.1, 0.15) is 5.56 Å². The smallest absolute Gasteiger partial charge is 0.405 e. The van der Waals surface area contributed by atoms with Gasteiger partial charge in [-0.15, -0.1) is 13.2 Å². The molecule has 1 aromatic carbocycles. The van der Waals surface area contributed by atoms with Crippen molar-refractivity contribution in [3.8, 4) is 5.75 Å². The average molecular weight is 264 g/mol. The number of hydroxylamine groups is 1. The van der Waals surface area contributed by atoms with Gasteiger partial charge in [-0.2, -0.15) is 5.48 Å². The maximum atomic E-state index is 12.1. The zero-order chi connectivity index (χ0) is 13.6. The zero-order valence-electron chi connectivity index (χ0n) is 9.16. The molecule has 1 amide bonds. The van der Waals surface area contributed by atoms with E-state index in [4.69, 9.17) is 5.73 Å². The molecule has 0 aromatic heterocycles. The molecule has 0 atom stereocenters. The summed E-state index contributed by atoms with van der Waals surface area (Å²) in [6.07, 6.45) is -4.76. The molecule has 0 heterocycles. The number of carbonyl (C=O) groups excluding carboxylic acids is 1. The van der Waals surface area contributed by atoms with Crippen molar-refractivity contribution in [1.82, 2.24) is 5.48 Å². The van der Waals surface area contributed by atoms with Crippen molar-refractivity contribution in [3.63, 3.8) is 0 Å². The van der Waals surface area contributed by atoms with Crippen LogP contribution in [0.4, 0.5) is 13.2 Å². The van der Waals surface area contributed by atoms with Crippen LogP contribution in [0, 0.1) is 0 Å². The average Bonchev–Trinajstić information content (AvgIpc) is 2.24. The van der Waals surface area contributed by atoms with E-state index >= 15 is 0 Å². The first-order valence-electron chi connectivity index (χ1n) is 4.85. The highest BCUT2D eigenvalue weighted by Gasteiger charge is 2.31. The number of amides is 1. The van der Waals surface area contributed by atoms with E-state index in [1.165, 1.54) is 18.2 Å². The van der Waals surface area contributed by atoms with Crippen LogP contribution in [0.25, 0.3) is 0 Å². The molecule has 0 spiro atoms. The molecule has 0 saturated carbocycles. The Bertz CT molecular complexity index is 410. The molecule has 18 heavy (non-hydrogen) atoms. The lowest BCUT2D eigenvalue weighted by Crippen LogP contribution is -2.25. The summed E-state index contributed by atoms with van der Waals surface area (Å²) in [5.74, 6) is -1.03. The largest absolute Gasteiger partial charge is 0.573 e. The van der Waals surface area contributed by atoms with Gasteiger partial charge in [0.2, 0.25) is 5.91 Å². The predicted octanol–water partition coefficient (Wildman–Crippen LogP) is 1.09. The van der Waals surface area contributed by atoms with Crippen molar-refractivity contribution >= 4 is 5.91 Å². The van der Waals surface area contributed by atoms with Crippen molar-refractivity contribution in [2.75, 3.05) is 6.61 Å². The lowest BCUT2D eigenvalue weighted by Gasteiger charge is -2.13. The van der Waals surface area contributed by atoms with Crippen molar-refractivity contribution < 1.29 is 27.5 Å². The molecular weight excluding hydrogens is 253 g/mol. The molecule has 0 bridgehead atoms. The van der Waals surface area contributed by atoms with E-state index in [0.717, 1.165) is 0 Å². The van der Waals surface area contributed by atoms with Crippen LogP contribution in [-0.2, 0) is 16.2 Å². The first kappa shape index (κ1) is 14.3. The summed E-state index contributed by atoms with van der Waals surface area (Å²) >= 11 is 0. The maximum absolute atomic E-state index is 12.1. The number of hydrogen-bond acceptors (Lipinski definition) is 4.